The third kappa shape index (κ3) is 4.74. The number of hydrazine groups is 1. The summed E-state index contributed by atoms with van der Waals surface area (Å²) in [6.45, 7) is 2.28. The third-order valence-corrected chi connectivity index (χ3v) is 7.96. The summed E-state index contributed by atoms with van der Waals surface area (Å²) >= 11 is 0. The Kier molecular flexibility index (Phi) is 6.54. The molecule has 3 aliphatic rings. The summed E-state index contributed by atoms with van der Waals surface area (Å²) in [5, 5.41) is 5.37. The number of carbonyl (C=O) groups is 1. The van der Waals surface area contributed by atoms with Gasteiger partial charge in [0.25, 0.3) is 0 Å². The first-order chi connectivity index (χ1) is 18.6. The van der Waals surface area contributed by atoms with Crippen LogP contribution in [0.2, 0.25) is 0 Å². The van der Waals surface area contributed by atoms with Crippen LogP contribution >= 0.6 is 0 Å². The number of aromatic nitrogens is 1. The number of rotatable bonds is 7. The smallest absolute Gasteiger partial charge is 0.224 e. The fourth-order valence-electron chi connectivity index (χ4n) is 6.14. The Morgan fingerprint density at radius 1 is 1.11 bits per heavy atom. The maximum Gasteiger partial charge on any atom is 0.224 e. The molecule has 3 atom stereocenters. The lowest BCUT2D eigenvalue weighted by Gasteiger charge is -2.31. The molecule has 0 saturated carbocycles. The lowest BCUT2D eigenvalue weighted by molar-refractivity contribution is -0.121. The fourth-order valence-corrected chi connectivity index (χ4v) is 6.14. The largest absolute Gasteiger partial charge is 0.349 e. The van der Waals surface area contributed by atoms with Gasteiger partial charge < -0.3 is 10.7 Å². The Balaban J connectivity index is 1.24. The molecule has 0 fully saturated rings. The van der Waals surface area contributed by atoms with Crippen LogP contribution in [0.3, 0.4) is 0 Å². The molecule has 2 N–H and O–H groups in total. The highest BCUT2D eigenvalue weighted by atomic mass is 19.1. The SMILES string of the molecule is C[C@H]1C2=CNN(c3ccc(F)cc3)C2=CC2=C1[C@@H](CC(NC(=O)Cc1ccncc1)c1ccccc1)CC2. The van der Waals surface area contributed by atoms with Gasteiger partial charge in [-0.05, 0) is 84.4 Å². The van der Waals surface area contributed by atoms with E-state index < -0.39 is 0 Å². The number of hydrogen-bond donors (Lipinski definition) is 2. The Bertz CT molecular complexity index is 1410. The molecule has 0 radical (unpaired) electrons. The minimum Gasteiger partial charge on any atom is -0.349 e. The molecule has 1 amide bonds. The number of allylic oxidation sites excluding steroid dienone is 4. The molecule has 1 aliphatic heterocycles. The van der Waals surface area contributed by atoms with Crippen molar-refractivity contribution in [3.05, 3.63) is 131 Å². The highest BCUT2D eigenvalue weighted by Crippen LogP contribution is 2.49. The Labute approximate surface area is 222 Å². The molecule has 1 aromatic heterocycles. The van der Waals surface area contributed by atoms with E-state index in [1.54, 1.807) is 24.5 Å². The molecule has 2 aromatic carbocycles. The lowest BCUT2D eigenvalue weighted by atomic mass is 9.78. The Morgan fingerprint density at radius 3 is 2.63 bits per heavy atom. The molecule has 5 nitrogen and oxygen atoms in total. The molecular formula is C32H31FN4O. The van der Waals surface area contributed by atoms with Gasteiger partial charge >= 0.3 is 0 Å². The number of fused-ring (bicyclic) bond motifs is 1. The van der Waals surface area contributed by atoms with Crippen LogP contribution in [-0.2, 0) is 11.2 Å². The molecule has 3 aromatic rings. The molecule has 2 heterocycles. The van der Waals surface area contributed by atoms with Gasteiger partial charge in [0.2, 0.25) is 5.91 Å². The minimum absolute atomic E-state index is 0.0220. The summed E-state index contributed by atoms with van der Waals surface area (Å²) in [6.07, 6.45) is 11.1. The first-order valence-corrected chi connectivity index (χ1v) is 13.3. The summed E-state index contributed by atoms with van der Waals surface area (Å²) in [5.74, 6) is 0.426. The summed E-state index contributed by atoms with van der Waals surface area (Å²) in [5.41, 5.74) is 11.6. The Hall–Kier alpha value is -4.19. The molecule has 2 aliphatic carbocycles. The summed E-state index contributed by atoms with van der Waals surface area (Å²) < 4.78 is 13.5. The van der Waals surface area contributed by atoms with Gasteiger partial charge in [-0.15, -0.1) is 0 Å². The van der Waals surface area contributed by atoms with Crippen LogP contribution in [0.5, 0.6) is 0 Å². The third-order valence-electron chi connectivity index (χ3n) is 7.96. The highest BCUT2D eigenvalue weighted by Gasteiger charge is 2.39. The fraction of sp³-hybridized carbons (Fsp3) is 0.250. The van der Waals surface area contributed by atoms with Crippen molar-refractivity contribution < 1.29 is 9.18 Å². The Morgan fingerprint density at radius 2 is 1.87 bits per heavy atom. The number of nitrogens with zero attached hydrogens (tertiary/aromatic N) is 2. The molecule has 38 heavy (non-hydrogen) atoms. The average molecular weight is 507 g/mol. The molecule has 6 heteroatoms. The zero-order valence-corrected chi connectivity index (χ0v) is 21.4. The van der Waals surface area contributed by atoms with Crippen molar-refractivity contribution >= 4 is 11.6 Å². The second-order valence-electron chi connectivity index (χ2n) is 10.3. The highest BCUT2D eigenvalue weighted by molar-refractivity contribution is 5.79. The van der Waals surface area contributed by atoms with Crippen molar-refractivity contribution in [2.24, 2.45) is 11.8 Å². The van der Waals surface area contributed by atoms with E-state index >= 15 is 0 Å². The van der Waals surface area contributed by atoms with Gasteiger partial charge in [0, 0.05) is 30.1 Å². The number of benzene rings is 2. The van der Waals surface area contributed by atoms with Crippen molar-refractivity contribution in [3.8, 4) is 0 Å². The number of carbonyl (C=O) groups excluding carboxylic acids is 1. The average Bonchev–Trinajstić information content (AvgIpc) is 3.55. The standard InChI is InChI=1S/C32H31FN4O/c1-21-28-20-35-37(27-11-9-26(33)10-12-27)30(28)19-25-8-7-24(32(21)25)18-29(23-5-3-2-4-6-23)36-31(38)17-22-13-15-34-16-14-22/h2-6,9-16,19-21,24,29,35H,7-8,17-18H2,1H3,(H,36,38)/t21-,24+,29?/m0/s1. The number of hydrogen-bond acceptors (Lipinski definition) is 4. The van der Waals surface area contributed by atoms with Gasteiger partial charge in [0.1, 0.15) is 5.82 Å². The number of nitrogens with one attached hydrogen (secondary N) is 2. The summed E-state index contributed by atoms with van der Waals surface area (Å²) in [7, 11) is 0. The van der Waals surface area contributed by atoms with Crippen LogP contribution in [0.15, 0.2) is 114 Å². The van der Waals surface area contributed by atoms with Crippen molar-refractivity contribution in [1.82, 2.24) is 15.7 Å². The van der Waals surface area contributed by atoms with Gasteiger partial charge in [0.05, 0.1) is 23.8 Å². The minimum atomic E-state index is -0.239. The van der Waals surface area contributed by atoms with Crippen LogP contribution in [0.25, 0.3) is 0 Å². The van der Waals surface area contributed by atoms with Crippen molar-refractivity contribution in [3.63, 3.8) is 0 Å². The van der Waals surface area contributed by atoms with E-state index in [1.165, 1.54) is 28.9 Å². The predicted octanol–water partition coefficient (Wildman–Crippen LogP) is 6.16. The van der Waals surface area contributed by atoms with E-state index in [-0.39, 0.29) is 23.7 Å². The number of pyridine rings is 1. The van der Waals surface area contributed by atoms with Crippen LogP contribution in [-0.4, -0.2) is 10.9 Å². The van der Waals surface area contributed by atoms with E-state index in [1.807, 2.05) is 35.3 Å². The van der Waals surface area contributed by atoms with Gasteiger partial charge in [0.15, 0.2) is 0 Å². The molecule has 1 unspecified atom stereocenters. The predicted molar refractivity (Wildman–Crippen MR) is 147 cm³/mol. The van der Waals surface area contributed by atoms with Gasteiger partial charge in [-0.3, -0.25) is 14.8 Å². The van der Waals surface area contributed by atoms with Crippen LogP contribution in [0.1, 0.15) is 43.4 Å². The van der Waals surface area contributed by atoms with Crippen molar-refractivity contribution in [2.45, 2.75) is 38.6 Å². The first kappa shape index (κ1) is 24.2. The molecule has 6 rings (SSSR count). The van der Waals surface area contributed by atoms with Gasteiger partial charge in [-0.25, -0.2) is 4.39 Å². The summed E-state index contributed by atoms with van der Waals surface area (Å²) in [4.78, 5) is 17.1. The molecule has 0 saturated heterocycles. The van der Waals surface area contributed by atoms with Crippen LogP contribution < -0.4 is 15.8 Å². The monoisotopic (exact) mass is 506 g/mol. The van der Waals surface area contributed by atoms with E-state index in [9.17, 15) is 9.18 Å². The zero-order chi connectivity index (χ0) is 26.1. The summed E-state index contributed by atoms with van der Waals surface area (Å²) in [6, 6.07) is 20.6. The second-order valence-corrected chi connectivity index (χ2v) is 10.3. The zero-order valence-electron chi connectivity index (χ0n) is 21.4. The maximum absolute atomic E-state index is 13.5. The van der Waals surface area contributed by atoms with Crippen LogP contribution in [0.4, 0.5) is 10.1 Å². The topological polar surface area (TPSA) is 57.3 Å². The van der Waals surface area contributed by atoms with Crippen LogP contribution in [0, 0.1) is 17.7 Å². The second kappa shape index (κ2) is 10.3. The first-order valence-electron chi connectivity index (χ1n) is 13.3. The number of halogens is 1. The number of anilines is 1. The number of amides is 1. The van der Waals surface area contributed by atoms with E-state index in [0.29, 0.717) is 12.3 Å². The molecule has 192 valence electrons. The molecule has 0 bridgehead atoms. The normalized spacial score (nSPS) is 20.7. The van der Waals surface area contributed by atoms with E-state index in [4.69, 9.17) is 0 Å². The van der Waals surface area contributed by atoms with Crippen molar-refractivity contribution in [1.29, 1.82) is 0 Å². The van der Waals surface area contributed by atoms with E-state index in [0.717, 1.165) is 41.8 Å². The van der Waals surface area contributed by atoms with Crippen molar-refractivity contribution in [2.75, 3.05) is 5.01 Å². The lowest BCUT2D eigenvalue weighted by Crippen LogP contribution is -2.32. The maximum atomic E-state index is 13.5. The van der Waals surface area contributed by atoms with Gasteiger partial charge in [-0.1, -0.05) is 42.8 Å². The molecule has 0 spiro atoms. The molecular weight excluding hydrogens is 475 g/mol. The van der Waals surface area contributed by atoms with Gasteiger partial charge in [-0.2, -0.15) is 0 Å². The quantitative estimate of drug-likeness (QED) is 0.403. The van der Waals surface area contributed by atoms with E-state index in [2.05, 4.69) is 47.1 Å².